The van der Waals surface area contributed by atoms with Crippen molar-refractivity contribution in [3.8, 4) is 0 Å². The maximum Gasteiger partial charge on any atom is 0.164 e. The maximum absolute atomic E-state index is 11.7. The molecule has 1 aliphatic rings. The highest BCUT2D eigenvalue weighted by Gasteiger charge is 2.26. The second-order valence-corrected chi connectivity index (χ2v) is 6.69. The lowest BCUT2D eigenvalue weighted by molar-refractivity contribution is 0.101. The van der Waals surface area contributed by atoms with Crippen molar-refractivity contribution in [1.29, 1.82) is 0 Å². The smallest absolute Gasteiger partial charge is 0.164 e. The van der Waals surface area contributed by atoms with Crippen molar-refractivity contribution >= 4 is 34.1 Å². The Labute approximate surface area is 117 Å². The zero-order valence-electron chi connectivity index (χ0n) is 11.2. The lowest BCUT2D eigenvalue weighted by Crippen LogP contribution is -2.34. The van der Waals surface area contributed by atoms with Crippen LogP contribution in [0.2, 0.25) is 0 Å². The van der Waals surface area contributed by atoms with E-state index in [0.29, 0.717) is 11.3 Å². The highest BCUT2D eigenvalue weighted by Crippen LogP contribution is 2.32. The van der Waals surface area contributed by atoms with Crippen molar-refractivity contribution in [3.63, 3.8) is 0 Å². The van der Waals surface area contributed by atoms with Crippen LogP contribution in [0.3, 0.4) is 0 Å². The van der Waals surface area contributed by atoms with Crippen LogP contribution in [0.1, 0.15) is 48.7 Å². The van der Waals surface area contributed by atoms with E-state index in [2.05, 4.69) is 15.9 Å². The lowest BCUT2D eigenvalue weighted by Gasteiger charge is -2.31. The molecule has 3 nitrogen and oxygen atoms in total. The van der Waals surface area contributed by atoms with Crippen LogP contribution in [-0.2, 0) is 0 Å². The zero-order chi connectivity index (χ0) is 13.1. The fourth-order valence-electron chi connectivity index (χ4n) is 2.60. The number of carbonyl (C=O) groups excluding carboxylic acids is 1. The number of aromatic nitrogens is 1. The Morgan fingerprint density at radius 1 is 1.44 bits per heavy atom. The summed E-state index contributed by atoms with van der Waals surface area (Å²) in [5.41, 5.74) is 1.64. The van der Waals surface area contributed by atoms with E-state index in [1.165, 1.54) is 37.2 Å². The number of anilines is 1. The molecule has 1 aromatic heterocycles. The summed E-state index contributed by atoms with van der Waals surface area (Å²) in [5, 5.41) is 5.18. The number of carbonyl (C=O) groups is 1. The number of hydrogen-bond donors (Lipinski definition) is 1. The van der Waals surface area contributed by atoms with Gasteiger partial charge >= 0.3 is 0 Å². The van der Waals surface area contributed by atoms with Crippen molar-refractivity contribution in [2.75, 3.05) is 11.6 Å². The molecule has 5 heteroatoms. The average molecular weight is 284 g/mol. The Morgan fingerprint density at radius 2 is 2.17 bits per heavy atom. The number of rotatable bonds is 4. The molecule has 1 fully saturated rings. The van der Waals surface area contributed by atoms with Gasteiger partial charge in [0, 0.05) is 11.3 Å². The van der Waals surface area contributed by atoms with Crippen molar-refractivity contribution in [2.45, 2.75) is 50.8 Å². The number of nitrogens with one attached hydrogen (secondary N) is 1. The molecule has 2 atom stereocenters. The van der Waals surface area contributed by atoms with Gasteiger partial charge in [-0.3, -0.25) is 4.79 Å². The minimum absolute atomic E-state index is 0.111. The minimum Gasteiger partial charge on any atom is -0.371 e. The third-order valence-corrected chi connectivity index (χ3v) is 5.58. The summed E-state index contributed by atoms with van der Waals surface area (Å²) in [5.74, 6) is 0.111. The van der Waals surface area contributed by atoms with Crippen molar-refractivity contribution in [3.05, 3.63) is 11.3 Å². The molecule has 1 heterocycles. The first-order valence-electron chi connectivity index (χ1n) is 6.40. The number of hydrogen-bond acceptors (Lipinski definition) is 5. The molecule has 0 spiro atoms. The first-order valence-corrected chi connectivity index (χ1v) is 8.46. The quantitative estimate of drug-likeness (QED) is 0.855. The van der Waals surface area contributed by atoms with E-state index in [4.69, 9.17) is 0 Å². The average Bonchev–Trinajstić information content (AvgIpc) is 2.71. The van der Waals surface area contributed by atoms with Crippen LogP contribution < -0.4 is 5.32 Å². The number of nitrogens with zero attached hydrogens (tertiary/aromatic N) is 1. The third kappa shape index (κ3) is 2.88. The molecule has 2 rings (SSSR count). The van der Waals surface area contributed by atoms with Gasteiger partial charge in [-0.05, 0) is 44.5 Å². The van der Waals surface area contributed by atoms with Gasteiger partial charge in [0.25, 0.3) is 0 Å². The van der Waals surface area contributed by atoms with E-state index in [0.717, 1.165) is 16.3 Å². The molecule has 1 N–H and O–H groups in total. The van der Waals surface area contributed by atoms with E-state index in [1.807, 2.05) is 18.7 Å². The molecule has 0 amide bonds. The predicted octanol–water partition coefficient (Wildman–Crippen LogP) is 3.74. The van der Waals surface area contributed by atoms with Gasteiger partial charge in [0.2, 0.25) is 0 Å². The Hall–Kier alpha value is -0.550. The molecule has 100 valence electrons. The molecule has 18 heavy (non-hydrogen) atoms. The van der Waals surface area contributed by atoms with E-state index < -0.39 is 0 Å². The van der Waals surface area contributed by atoms with Crippen molar-refractivity contribution < 1.29 is 4.79 Å². The number of Topliss-reactive ketones (excluding diaryl/α,β-unsaturated/α-hetero) is 1. The predicted molar refractivity (Wildman–Crippen MR) is 80.0 cm³/mol. The van der Waals surface area contributed by atoms with Crippen molar-refractivity contribution in [1.82, 2.24) is 4.37 Å². The van der Waals surface area contributed by atoms with Crippen LogP contribution in [0, 0.1) is 6.92 Å². The van der Waals surface area contributed by atoms with Crippen LogP contribution in [0.25, 0.3) is 0 Å². The van der Waals surface area contributed by atoms with Crippen LogP contribution in [0.5, 0.6) is 0 Å². The summed E-state index contributed by atoms with van der Waals surface area (Å²) in [4.78, 5) is 11.7. The standard InChI is InChI=1S/C13H20N2OS2/c1-8-12(9(2)16)13(18-15-8)14-10-6-4-5-7-11(10)17-3/h10-11,14H,4-7H2,1-3H3. The van der Waals surface area contributed by atoms with Gasteiger partial charge in [-0.1, -0.05) is 12.8 Å². The first kappa shape index (κ1) is 13.9. The summed E-state index contributed by atoms with van der Waals surface area (Å²) >= 11 is 3.35. The van der Waals surface area contributed by atoms with Gasteiger partial charge in [0.05, 0.1) is 11.3 Å². The Kier molecular flexibility index (Phi) is 4.67. The molecule has 2 unspecified atom stereocenters. The third-order valence-electron chi connectivity index (χ3n) is 3.54. The fourth-order valence-corrected chi connectivity index (χ4v) is 4.44. The van der Waals surface area contributed by atoms with Gasteiger partial charge in [0.15, 0.2) is 5.78 Å². The Balaban J connectivity index is 2.15. The maximum atomic E-state index is 11.7. The molecule has 0 radical (unpaired) electrons. The van der Waals surface area contributed by atoms with Crippen LogP contribution in [-0.4, -0.2) is 27.7 Å². The van der Waals surface area contributed by atoms with E-state index >= 15 is 0 Å². The molecule has 1 aromatic rings. The summed E-state index contributed by atoms with van der Waals surface area (Å²) in [6.07, 6.45) is 7.24. The van der Waals surface area contributed by atoms with E-state index in [1.54, 1.807) is 6.92 Å². The topological polar surface area (TPSA) is 42.0 Å². The summed E-state index contributed by atoms with van der Waals surface area (Å²) in [6.45, 7) is 3.53. The van der Waals surface area contributed by atoms with Gasteiger partial charge in [0.1, 0.15) is 5.00 Å². The number of thioether (sulfide) groups is 1. The van der Waals surface area contributed by atoms with Crippen LogP contribution in [0.4, 0.5) is 5.00 Å². The number of aryl methyl sites for hydroxylation is 1. The highest BCUT2D eigenvalue weighted by molar-refractivity contribution is 7.99. The normalized spacial score (nSPS) is 23.9. The van der Waals surface area contributed by atoms with Crippen LogP contribution in [0.15, 0.2) is 0 Å². The van der Waals surface area contributed by atoms with Gasteiger partial charge in [-0.2, -0.15) is 16.1 Å². The highest BCUT2D eigenvalue weighted by atomic mass is 32.2. The zero-order valence-corrected chi connectivity index (χ0v) is 12.8. The molecule has 1 aliphatic carbocycles. The summed E-state index contributed by atoms with van der Waals surface area (Å²) in [7, 11) is 0. The van der Waals surface area contributed by atoms with Gasteiger partial charge < -0.3 is 5.32 Å². The molecular weight excluding hydrogens is 264 g/mol. The monoisotopic (exact) mass is 284 g/mol. The fraction of sp³-hybridized carbons (Fsp3) is 0.692. The molecule has 0 aromatic carbocycles. The number of ketones is 1. The second kappa shape index (κ2) is 6.06. The summed E-state index contributed by atoms with van der Waals surface area (Å²) < 4.78 is 4.31. The van der Waals surface area contributed by atoms with Crippen LogP contribution >= 0.6 is 23.3 Å². The van der Waals surface area contributed by atoms with Gasteiger partial charge in [-0.15, -0.1) is 0 Å². The SMILES string of the molecule is CSC1CCCCC1Nc1snc(C)c1C(C)=O. The minimum atomic E-state index is 0.111. The Morgan fingerprint density at radius 3 is 2.83 bits per heavy atom. The molecule has 0 bridgehead atoms. The van der Waals surface area contributed by atoms with E-state index in [9.17, 15) is 4.79 Å². The molecular formula is C13H20N2OS2. The van der Waals surface area contributed by atoms with E-state index in [-0.39, 0.29) is 5.78 Å². The molecule has 0 saturated heterocycles. The Bertz CT molecular complexity index is 431. The first-order chi connectivity index (χ1) is 8.63. The molecule has 0 aliphatic heterocycles. The van der Waals surface area contributed by atoms with Gasteiger partial charge in [-0.25, -0.2) is 0 Å². The molecule has 1 saturated carbocycles. The largest absolute Gasteiger partial charge is 0.371 e. The second-order valence-electron chi connectivity index (χ2n) is 4.84. The lowest BCUT2D eigenvalue weighted by atomic mass is 9.95. The summed E-state index contributed by atoms with van der Waals surface area (Å²) in [6, 6.07) is 0.478. The van der Waals surface area contributed by atoms with Crippen molar-refractivity contribution in [2.24, 2.45) is 0 Å².